The molecule has 13 heavy (non-hydrogen) atoms. The van der Waals surface area contributed by atoms with E-state index in [-0.39, 0.29) is 0 Å². The van der Waals surface area contributed by atoms with Crippen LogP contribution in [0.1, 0.15) is 20.3 Å². The Morgan fingerprint density at radius 3 is 2.62 bits per heavy atom. The molecule has 0 amide bonds. The number of hydrogen-bond acceptors (Lipinski definition) is 3. The van der Waals surface area contributed by atoms with Gasteiger partial charge in [0.25, 0.3) is 0 Å². The quantitative estimate of drug-likeness (QED) is 0.689. The molecular weight excluding hydrogens is 162 g/mol. The maximum absolute atomic E-state index is 5.75. The summed E-state index contributed by atoms with van der Waals surface area (Å²) in [6.45, 7) is 8.85. The summed E-state index contributed by atoms with van der Waals surface area (Å²) in [7, 11) is 2.19. The first-order chi connectivity index (χ1) is 6.19. The summed E-state index contributed by atoms with van der Waals surface area (Å²) in [6, 6.07) is 1.20. The zero-order valence-corrected chi connectivity index (χ0v) is 9.16. The van der Waals surface area contributed by atoms with Crippen molar-refractivity contribution in [2.75, 3.05) is 33.2 Å². The predicted molar refractivity (Wildman–Crippen MR) is 56.8 cm³/mol. The van der Waals surface area contributed by atoms with Crippen molar-refractivity contribution >= 4 is 0 Å². The van der Waals surface area contributed by atoms with Gasteiger partial charge in [0.1, 0.15) is 0 Å². The van der Waals surface area contributed by atoms with Gasteiger partial charge in [-0.1, -0.05) is 6.92 Å². The predicted octanol–water partition coefficient (Wildman–Crippen LogP) is 0.360. The number of likely N-dealkylation sites (N-methyl/N-ethyl adjacent to an activating group) is 1. The van der Waals surface area contributed by atoms with Gasteiger partial charge in [-0.2, -0.15) is 0 Å². The molecule has 2 atom stereocenters. The highest BCUT2D eigenvalue weighted by atomic mass is 15.3. The molecule has 3 nitrogen and oxygen atoms in total. The summed E-state index contributed by atoms with van der Waals surface area (Å²) in [5.74, 6) is 0. The third-order valence-electron chi connectivity index (χ3n) is 3.07. The molecule has 0 aromatic rings. The highest BCUT2D eigenvalue weighted by Gasteiger charge is 2.27. The van der Waals surface area contributed by atoms with Crippen LogP contribution in [0.2, 0.25) is 0 Å². The molecule has 0 aromatic heterocycles. The number of rotatable bonds is 3. The van der Waals surface area contributed by atoms with Crippen LogP contribution < -0.4 is 5.73 Å². The third kappa shape index (κ3) is 2.66. The van der Waals surface area contributed by atoms with Gasteiger partial charge >= 0.3 is 0 Å². The minimum Gasteiger partial charge on any atom is -0.329 e. The fourth-order valence-corrected chi connectivity index (χ4v) is 2.10. The molecule has 0 bridgehead atoms. The summed E-state index contributed by atoms with van der Waals surface area (Å²) in [6.07, 6.45) is 1.24. The van der Waals surface area contributed by atoms with Gasteiger partial charge in [-0.05, 0) is 26.9 Å². The van der Waals surface area contributed by atoms with Gasteiger partial charge in [-0.3, -0.25) is 4.90 Å². The molecule has 0 radical (unpaired) electrons. The molecule has 0 aromatic carbocycles. The normalized spacial score (nSPS) is 32.3. The van der Waals surface area contributed by atoms with Gasteiger partial charge < -0.3 is 10.6 Å². The van der Waals surface area contributed by atoms with Crippen molar-refractivity contribution in [3.63, 3.8) is 0 Å². The second-order valence-electron chi connectivity index (χ2n) is 4.16. The van der Waals surface area contributed by atoms with Crippen molar-refractivity contribution in [1.29, 1.82) is 0 Å². The fraction of sp³-hybridized carbons (Fsp3) is 1.00. The first kappa shape index (κ1) is 11.0. The molecule has 1 fully saturated rings. The Balaban J connectivity index is 2.47. The molecule has 78 valence electrons. The van der Waals surface area contributed by atoms with Crippen LogP contribution in [0.4, 0.5) is 0 Å². The van der Waals surface area contributed by atoms with Crippen LogP contribution in [0.3, 0.4) is 0 Å². The van der Waals surface area contributed by atoms with Gasteiger partial charge in [0, 0.05) is 31.7 Å². The Kier molecular flexibility index (Phi) is 4.16. The van der Waals surface area contributed by atoms with Crippen LogP contribution in [-0.2, 0) is 0 Å². The molecule has 2 N–H and O–H groups in total. The number of piperazine rings is 1. The summed E-state index contributed by atoms with van der Waals surface area (Å²) in [5, 5.41) is 0. The molecule has 2 unspecified atom stereocenters. The maximum atomic E-state index is 5.75. The zero-order chi connectivity index (χ0) is 9.84. The van der Waals surface area contributed by atoms with Crippen molar-refractivity contribution in [1.82, 2.24) is 9.80 Å². The summed E-state index contributed by atoms with van der Waals surface area (Å²) in [5.41, 5.74) is 5.75. The molecule has 0 saturated carbocycles. The van der Waals surface area contributed by atoms with E-state index in [1.165, 1.54) is 19.5 Å². The maximum Gasteiger partial charge on any atom is 0.0345 e. The highest BCUT2D eigenvalue weighted by molar-refractivity contribution is 4.85. The van der Waals surface area contributed by atoms with Gasteiger partial charge in [0.15, 0.2) is 0 Å². The van der Waals surface area contributed by atoms with Gasteiger partial charge in [-0.25, -0.2) is 0 Å². The van der Waals surface area contributed by atoms with Crippen molar-refractivity contribution in [2.24, 2.45) is 5.73 Å². The Morgan fingerprint density at radius 1 is 1.38 bits per heavy atom. The highest BCUT2D eigenvalue weighted by Crippen LogP contribution is 2.12. The van der Waals surface area contributed by atoms with E-state index in [0.717, 1.165) is 13.1 Å². The second-order valence-corrected chi connectivity index (χ2v) is 4.16. The smallest absolute Gasteiger partial charge is 0.0345 e. The Labute approximate surface area is 81.9 Å². The van der Waals surface area contributed by atoms with Crippen LogP contribution in [0, 0.1) is 0 Å². The Hall–Kier alpha value is -0.120. The average molecular weight is 185 g/mol. The summed E-state index contributed by atoms with van der Waals surface area (Å²) < 4.78 is 0. The van der Waals surface area contributed by atoms with Crippen LogP contribution >= 0.6 is 0 Å². The zero-order valence-electron chi connectivity index (χ0n) is 9.16. The van der Waals surface area contributed by atoms with E-state index in [1.807, 2.05) is 0 Å². The van der Waals surface area contributed by atoms with Crippen LogP contribution in [0.5, 0.6) is 0 Å². The summed E-state index contributed by atoms with van der Waals surface area (Å²) >= 11 is 0. The lowest BCUT2D eigenvalue weighted by Gasteiger charge is -2.43. The lowest BCUT2D eigenvalue weighted by molar-refractivity contribution is 0.0556. The van der Waals surface area contributed by atoms with Crippen LogP contribution in [0.25, 0.3) is 0 Å². The first-order valence-corrected chi connectivity index (χ1v) is 5.33. The van der Waals surface area contributed by atoms with Crippen molar-refractivity contribution in [3.05, 3.63) is 0 Å². The lowest BCUT2D eigenvalue weighted by Crippen LogP contribution is -2.58. The van der Waals surface area contributed by atoms with Gasteiger partial charge in [-0.15, -0.1) is 0 Å². The van der Waals surface area contributed by atoms with E-state index in [4.69, 9.17) is 5.73 Å². The van der Waals surface area contributed by atoms with E-state index < -0.39 is 0 Å². The van der Waals surface area contributed by atoms with E-state index >= 15 is 0 Å². The molecular formula is C10H23N3. The minimum absolute atomic E-state index is 0.551. The number of hydrogen-bond donors (Lipinski definition) is 1. The molecule has 1 saturated heterocycles. The second kappa shape index (κ2) is 4.94. The standard InChI is InChI=1S/C10H23N3/c1-4-5-13-7-9(2)12(3)10(6-11)8-13/h9-10H,4-8,11H2,1-3H3. The molecule has 0 spiro atoms. The van der Waals surface area contributed by atoms with Crippen molar-refractivity contribution in [2.45, 2.75) is 32.4 Å². The largest absolute Gasteiger partial charge is 0.329 e. The third-order valence-corrected chi connectivity index (χ3v) is 3.07. The molecule has 3 heteroatoms. The van der Waals surface area contributed by atoms with E-state index in [0.29, 0.717) is 12.1 Å². The van der Waals surface area contributed by atoms with E-state index in [1.54, 1.807) is 0 Å². The topological polar surface area (TPSA) is 32.5 Å². The van der Waals surface area contributed by atoms with Crippen molar-refractivity contribution < 1.29 is 0 Å². The first-order valence-electron chi connectivity index (χ1n) is 5.33. The minimum atomic E-state index is 0.551. The monoisotopic (exact) mass is 185 g/mol. The molecule has 1 aliphatic heterocycles. The fourth-order valence-electron chi connectivity index (χ4n) is 2.10. The lowest BCUT2D eigenvalue weighted by atomic mass is 10.1. The van der Waals surface area contributed by atoms with Crippen molar-refractivity contribution in [3.8, 4) is 0 Å². The molecule has 0 aliphatic carbocycles. The van der Waals surface area contributed by atoms with E-state index in [2.05, 4.69) is 30.7 Å². The Bertz CT molecular complexity index is 149. The van der Waals surface area contributed by atoms with Gasteiger partial charge in [0.2, 0.25) is 0 Å². The van der Waals surface area contributed by atoms with Crippen LogP contribution in [0.15, 0.2) is 0 Å². The Morgan fingerprint density at radius 2 is 2.08 bits per heavy atom. The van der Waals surface area contributed by atoms with Gasteiger partial charge in [0.05, 0.1) is 0 Å². The van der Waals surface area contributed by atoms with E-state index in [9.17, 15) is 0 Å². The summed E-state index contributed by atoms with van der Waals surface area (Å²) in [4.78, 5) is 4.94. The molecule has 1 heterocycles. The number of nitrogens with two attached hydrogens (primary N) is 1. The number of nitrogens with zero attached hydrogens (tertiary/aromatic N) is 2. The molecule has 1 aliphatic rings. The SMILES string of the molecule is CCCN1CC(C)N(C)C(CN)C1. The average Bonchev–Trinajstić information content (AvgIpc) is 2.11. The van der Waals surface area contributed by atoms with Crippen LogP contribution in [-0.4, -0.2) is 55.1 Å². The molecule has 1 rings (SSSR count).